The van der Waals surface area contributed by atoms with Crippen LogP contribution in [0.5, 0.6) is 0 Å². The highest BCUT2D eigenvalue weighted by Crippen LogP contribution is 1.95. The minimum Gasteiger partial charge on any atom is -0.481 e. The van der Waals surface area contributed by atoms with Crippen molar-refractivity contribution in [1.29, 1.82) is 0 Å². The van der Waals surface area contributed by atoms with Gasteiger partial charge in [0.1, 0.15) is 6.73 Å². The summed E-state index contributed by atoms with van der Waals surface area (Å²) in [6.45, 7) is 14.3. The number of aliphatic hydroxyl groups excluding tert-OH is 1. The van der Waals surface area contributed by atoms with E-state index >= 15 is 0 Å². The smallest absolute Gasteiger partial charge is 0.331 e. The number of esters is 1. The first-order valence-electron chi connectivity index (χ1n) is 7.28. The topological polar surface area (TPSA) is 193 Å². The summed E-state index contributed by atoms with van der Waals surface area (Å²) in [4.78, 5) is 49.2. The molecule has 0 spiro atoms. The Morgan fingerprint density at radius 1 is 1.04 bits per heavy atom. The molecule has 0 bridgehead atoms. The van der Waals surface area contributed by atoms with Crippen LogP contribution in [0.3, 0.4) is 0 Å². The molecule has 0 aromatic rings. The van der Waals surface area contributed by atoms with Gasteiger partial charge in [-0.2, -0.15) is 0 Å². The van der Waals surface area contributed by atoms with Crippen LogP contribution < -0.4 is 11.1 Å². The number of ether oxygens (including phenoxy) is 1. The van der Waals surface area contributed by atoms with Crippen LogP contribution in [0.2, 0.25) is 0 Å². The molecular formula is C17H26N2O9. The molecule has 0 unspecified atom stereocenters. The van der Waals surface area contributed by atoms with Gasteiger partial charge in [-0.25, -0.2) is 9.59 Å². The van der Waals surface area contributed by atoms with E-state index in [0.717, 1.165) is 18.2 Å². The maximum atomic E-state index is 10.1. The van der Waals surface area contributed by atoms with E-state index in [-0.39, 0.29) is 24.2 Å². The highest BCUT2D eigenvalue weighted by Gasteiger charge is 2.07. The van der Waals surface area contributed by atoms with E-state index in [4.69, 9.17) is 15.3 Å². The van der Waals surface area contributed by atoms with Gasteiger partial charge in [0, 0.05) is 11.6 Å². The van der Waals surface area contributed by atoms with Gasteiger partial charge in [0.05, 0.1) is 13.0 Å². The fraction of sp³-hybridized carbons (Fsp3) is 0.235. The predicted molar refractivity (Wildman–Crippen MR) is 101 cm³/mol. The Bertz CT molecular complexity index is 547. The van der Waals surface area contributed by atoms with Crippen molar-refractivity contribution in [2.24, 2.45) is 5.73 Å². The second kappa shape index (κ2) is 23.3. The van der Waals surface area contributed by atoms with Crippen molar-refractivity contribution in [3.63, 3.8) is 0 Å². The molecule has 0 heterocycles. The van der Waals surface area contributed by atoms with Crippen LogP contribution in [-0.4, -0.2) is 58.4 Å². The molecule has 11 heteroatoms. The number of carboxylic acids is 2. The Morgan fingerprint density at radius 3 is 1.61 bits per heavy atom. The molecule has 6 N–H and O–H groups in total. The molecule has 11 nitrogen and oxygen atoms in total. The predicted octanol–water partition coefficient (Wildman–Crippen LogP) is -0.266. The van der Waals surface area contributed by atoms with Crippen LogP contribution >= 0.6 is 0 Å². The van der Waals surface area contributed by atoms with Crippen LogP contribution in [0, 0.1) is 0 Å². The lowest BCUT2D eigenvalue weighted by molar-refractivity contribution is -0.139. The number of primary amides is 1. The molecule has 158 valence electrons. The van der Waals surface area contributed by atoms with Gasteiger partial charge < -0.3 is 31.1 Å². The van der Waals surface area contributed by atoms with Gasteiger partial charge >= 0.3 is 17.9 Å². The van der Waals surface area contributed by atoms with E-state index in [1.807, 2.05) is 0 Å². The number of carboxylic acid groups (broad SMARTS) is 2. The van der Waals surface area contributed by atoms with E-state index in [1.54, 1.807) is 6.92 Å². The fourth-order valence-electron chi connectivity index (χ4n) is 0.609. The van der Waals surface area contributed by atoms with Crippen LogP contribution in [0.25, 0.3) is 0 Å². The molecule has 28 heavy (non-hydrogen) atoms. The zero-order valence-electron chi connectivity index (χ0n) is 15.6. The molecule has 0 aliphatic heterocycles. The van der Waals surface area contributed by atoms with Crippen LogP contribution in [-0.2, 0) is 28.7 Å². The van der Waals surface area contributed by atoms with Crippen molar-refractivity contribution >= 4 is 29.7 Å². The molecule has 0 saturated heterocycles. The highest BCUT2D eigenvalue weighted by atomic mass is 16.5. The van der Waals surface area contributed by atoms with Crippen LogP contribution in [0.15, 0.2) is 50.1 Å². The largest absolute Gasteiger partial charge is 0.481 e. The number of nitrogens with two attached hydrogens (primary N) is 1. The number of rotatable bonds is 8. The molecule has 0 aliphatic rings. The molecule has 0 fully saturated rings. The summed E-state index contributed by atoms with van der Waals surface area (Å²) in [5.41, 5.74) is 4.23. The summed E-state index contributed by atoms with van der Waals surface area (Å²) in [6.07, 6.45) is 2.79. The SMILES string of the molecule is C=C(CC(=O)O)C(=O)O.C=CC(=O)NCO.C=CC(=O)OCC.C=CC(N)=O. The minimum absolute atomic E-state index is 0.303. The summed E-state index contributed by atoms with van der Waals surface area (Å²) in [5.74, 6) is -3.64. The number of carbonyl (C=O) groups is 5. The summed E-state index contributed by atoms with van der Waals surface area (Å²) in [7, 11) is 0. The normalized spacial score (nSPS) is 7.64. The molecule has 0 aromatic heterocycles. The number of hydrogen-bond acceptors (Lipinski definition) is 7. The quantitative estimate of drug-likeness (QED) is 0.206. The lowest BCUT2D eigenvalue weighted by Crippen LogP contribution is -2.20. The van der Waals surface area contributed by atoms with Gasteiger partial charge in [-0.15, -0.1) is 0 Å². The lowest BCUT2D eigenvalue weighted by atomic mass is 10.2. The van der Waals surface area contributed by atoms with Crippen molar-refractivity contribution in [3.05, 3.63) is 50.1 Å². The first kappa shape index (κ1) is 32.0. The third-order valence-corrected chi connectivity index (χ3v) is 1.76. The van der Waals surface area contributed by atoms with E-state index in [9.17, 15) is 24.0 Å². The molecule has 2 amide bonds. The maximum absolute atomic E-state index is 10.1. The first-order chi connectivity index (χ1) is 12.9. The summed E-state index contributed by atoms with van der Waals surface area (Å²) in [6, 6.07) is 0. The van der Waals surface area contributed by atoms with Crippen molar-refractivity contribution in [1.82, 2.24) is 5.32 Å². The minimum atomic E-state index is -1.27. The average molecular weight is 402 g/mol. The Balaban J connectivity index is -0.000000140. The van der Waals surface area contributed by atoms with E-state index < -0.39 is 24.3 Å². The first-order valence-corrected chi connectivity index (χ1v) is 7.28. The summed E-state index contributed by atoms with van der Waals surface area (Å²) >= 11 is 0. The Morgan fingerprint density at radius 2 is 1.50 bits per heavy atom. The van der Waals surface area contributed by atoms with Gasteiger partial charge in [-0.05, 0) is 19.1 Å². The second-order valence-corrected chi connectivity index (χ2v) is 3.95. The zero-order chi connectivity index (χ0) is 23.1. The lowest BCUT2D eigenvalue weighted by Gasteiger charge is -1.91. The van der Waals surface area contributed by atoms with Crippen LogP contribution in [0.4, 0.5) is 0 Å². The fourth-order valence-corrected chi connectivity index (χ4v) is 0.609. The van der Waals surface area contributed by atoms with Crippen molar-refractivity contribution in [2.45, 2.75) is 13.3 Å². The van der Waals surface area contributed by atoms with E-state index in [2.05, 4.69) is 42.1 Å². The van der Waals surface area contributed by atoms with E-state index in [1.165, 1.54) is 0 Å². The third-order valence-electron chi connectivity index (χ3n) is 1.76. The molecule has 0 aromatic carbocycles. The highest BCUT2D eigenvalue weighted by molar-refractivity contribution is 5.91. The molecule has 0 aliphatic carbocycles. The summed E-state index contributed by atoms with van der Waals surface area (Å²) in [5, 5.41) is 26.2. The molecule has 0 saturated carbocycles. The van der Waals surface area contributed by atoms with Gasteiger partial charge in [0.2, 0.25) is 11.8 Å². The molecule has 0 atom stereocenters. The number of hydrogen-bond donors (Lipinski definition) is 5. The summed E-state index contributed by atoms with van der Waals surface area (Å²) < 4.78 is 4.43. The standard InChI is InChI=1S/C5H6O4.C5H8O2.C4H7NO2.C3H5NO/c1-3(5(8)9)2-4(6)7;1-3-5(6)7-4-2;1-2-4(7)5-3-6;1-2-3(4)5/h1-2H2,(H,6,7)(H,8,9);3H,1,4H2,2H3;2,6H,1,3H2,(H,5,7);2H,1H2,(H2,4,5). The van der Waals surface area contributed by atoms with Gasteiger partial charge in [0.25, 0.3) is 0 Å². The number of carbonyl (C=O) groups excluding carboxylic acids is 3. The van der Waals surface area contributed by atoms with Gasteiger partial charge in [-0.1, -0.05) is 26.3 Å². The van der Waals surface area contributed by atoms with E-state index in [0.29, 0.717) is 6.61 Å². The molecular weight excluding hydrogens is 376 g/mol. The monoisotopic (exact) mass is 402 g/mol. The van der Waals surface area contributed by atoms with Crippen molar-refractivity contribution < 1.29 is 44.0 Å². The van der Waals surface area contributed by atoms with Gasteiger partial charge in [-0.3, -0.25) is 14.4 Å². The average Bonchev–Trinajstić information content (AvgIpc) is 2.62. The maximum Gasteiger partial charge on any atom is 0.331 e. The zero-order valence-corrected chi connectivity index (χ0v) is 15.6. The third kappa shape index (κ3) is 38.1. The Kier molecular flexibility index (Phi) is 26.6. The number of amides is 2. The number of nitrogens with one attached hydrogen (secondary N) is 1. The Labute approximate surface area is 162 Å². The Hall–Kier alpha value is -3.73. The number of aliphatic hydroxyl groups is 1. The molecule has 0 rings (SSSR count). The van der Waals surface area contributed by atoms with Crippen molar-refractivity contribution in [3.8, 4) is 0 Å². The van der Waals surface area contributed by atoms with Crippen molar-refractivity contribution in [2.75, 3.05) is 13.3 Å². The number of aliphatic carboxylic acids is 2. The van der Waals surface area contributed by atoms with Gasteiger partial charge in [0.15, 0.2) is 0 Å². The van der Waals surface area contributed by atoms with Crippen LogP contribution in [0.1, 0.15) is 13.3 Å². The molecule has 0 radical (unpaired) electrons. The second-order valence-electron chi connectivity index (χ2n) is 3.95.